The lowest BCUT2D eigenvalue weighted by atomic mass is 10.1. The van der Waals surface area contributed by atoms with E-state index < -0.39 is 15.1 Å². The van der Waals surface area contributed by atoms with E-state index in [0.717, 1.165) is 36.3 Å². The van der Waals surface area contributed by atoms with Gasteiger partial charge >= 0.3 is 0 Å². The number of hydrogen-bond donors (Lipinski definition) is 1. The third-order valence-electron chi connectivity index (χ3n) is 3.30. The molecule has 5 nitrogen and oxygen atoms in total. The molecule has 1 heterocycles. The molecule has 108 valence electrons. The summed E-state index contributed by atoms with van der Waals surface area (Å²) in [5.74, 6) is 0.398. The first-order chi connectivity index (χ1) is 8.77. The summed E-state index contributed by atoms with van der Waals surface area (Å²) in [4.78, 5) is 8.74. The van der Waals surface area contributed by atoms with Gasteiger partial charge in [-0.2, -0.15) is 0 Å². The van der Waals surface area contributed by atoms with Crippen LogP contribution in [0.4, 0.5) is 0 Å². The highest BCUT2D eigenvalue weighted by atomic mass is 32.2. The van der Waals surface area contributed by atoms with Crippen molar-refractivity contribution < 1.29 is 8.42 Å². The van der Waals surface area contributed by atoms with Gasteiger partial charge in [0.2, 0.25) is 0 Å². The summed E-state index contributed by atoms with van der Waals surface area (Å²) < 4.78 is 23.1. The van der Waals surface area contributed by atoms with Crippen molar-refractivity contribution in [2.45, 2.75) is 38.9 Å². The molecule has 0 radical (unpaired) electrons. The van der Waals surface area contributed by atoms with E-state index in [1.54, 1.807) is 6.92 Å². The van der Waals surface area contributed by atoms with Gasteiger partial charge in [0, 0.05) is 17.6 Å². The van der Waals surface area contributed by atoms with Crippen LogP contribution in [0.5, 0.6) is 0 Å². The van der Waals surface area contributed by atoms with Gasteiger partial charge in [0.25, 0.3) is 0 Å². The van der Waals surface area contributed by atoms with E-state index in [2.05, 4.69) is 15.3 Å². The average molecular weight is 285 g/mol. The maximum absolute atomic E-state index is 11.6. The molecule has 0 saturated heterocycles. The van der Waals surface area contributed by atoms with Gasteiger partial charge < -0.3 is 5.32 Å². The van der Waals surface area contributed by atoms with Gasteiger partial charge in [-0.15, -0.1) is 0 Å². The number of nitrogens with one attached hydrogen (secondary N) is 1. The molecule has 0 saturated carbocycles. The Morgan fingerprint density at radius 3 is 2.16 bits per heavy atom. The maximum atomic E-state index is 11.6. The standard InChI is InChI=1S/C13H23N3O2S/c1-9-12(7-6-8-14-4)10(2)16-13(15-9)11(3)19(5,17)18/h11,14H,6-8H2,1-5H3. The largest absolute Gasteiger partial charge is 0.320 e. The molecule has 0 spiro atoms. The number of nitrogens with zero attached hydrogens (tertiary/aromatic N) is 2. The van der Waals surface area contributed by atoms with Gasteiger partial charge in [-0.25, -0.2) is 18.4 Å². The molecule has 1 aromatic heterocycles. The molecule has 0 amide bonds. The average Bonchev–Trinajstić information content (AvgIpc) is 2.30. The highest BCUT2D eigenvalue weighted by Crippen LogP contribution is 2.20. The van der Waals surface area contributed by atoms with Crippen molar-refractivity contribution in [1.29, 1.82) is 0 Å². The van der Waals surface area contributed by atoms with Crippen LogP contribution in [-0.2, 0) is 16.3 Å². The molecule has 0 aliphatic heterocycles. The molecule has 19 heavy (non-hydrogen) atoms. The van der Waals surface area contributed by atoms with E-state index in [4.69, 9.17) is 0 Å². The minimum absolute atomic E-state index is 0.398. The number of aryl methyl sites for hydroxylation is 2. The summed E-state index contributed by atoms with van der Waals surface area (Å²) in [5.41, 5.74) is 2.89. The number of hydrogen-bond acceptors (Lipinski definition) is 5. The summed E-state index contributed by atoms with van der Waals surface area (Å²) in [6, 6.07) is 0. The smallest absolute Gasteiger partial charge is 0.157 e. The highest BCUT2D eigenvalue weighted by molar-refractivity contribution is 7.90. The molecule has 0 fully saturated rings. The number of rotatable bonds is 6. The van der Waals surface area contributed by atoms with E-state index in [-0.39, 0.29) is 0 Å². The van der Waals surface area contributed by atoms with Gasteiger partial charge in [0.1, 0.15) is 11.1 Å². The molecule has 1 N–H and O–H groups in total. The first-order valence-corrected chi connectivity index (χ1v) is 8.40. The Labute approximate surface area is 115 Å². The Morgan fingerprint density at radius 2 is 1.74 bits per heavy atom. The molecule has 1 unspecified atom stereocenters. The predicted octanol–water partition coefficient (Wildman–Crippen LogP) is 1.35. The van der Waals surface area contributed by atoms with Crippen LogP contribution < -0.4 is 5.32 Å². The molecule has 0 aliphatic rings. The van der Waals surface area contributed by atoms with Crippen LogP contribution >= 0.6 is 0 Å². The third-order valence-corrected chi connectivity index (χ3v) is 4.79. The Balaban J connectivity index is 3.03. The fraction of sp³-hybridized carbons (Fsp3) is 0.692. The van der Waals surface area contributed by atoms with E-state index in [1.165, 1.54) is 6.26 Å². The lowest BCUT2D eigenvalue weighted by Gasteiger charge is -2.14. The van der Waals surface area contributed by atoms with E-state index in [1.807, 2.05) is 20.9 Å². The lowest BCUT2D eigenvalue weighted by molar-refractivity contribution is 0.588. The molecule has 6 heteroatoms. The maximum Gasteiger partial charge on any atom is 0.157 e. The molecule has 1 rings (SSSR count). The van der Waals surface area contributed by atoms with Crippen molar-refractivity contribution >= 4 is 9.84 Å². The normalized spacial score (nSPS) is 13.5. The Bertz CT molecular complexity index is 518. The van der Waals surface area contributed by atoms with E-state index >= 15 is 0 Å². The van der Waals surface area contributed by atoms with Crippen LogP contribution in [0, 0.1) is 13.8 Å². The van der Waals surface area contributed by atoms with Crippen molar-refractivity contribution in [2.24, 2.45) is 0 Å². The Morgan fingerprint density at radius 1 is 1.21 bits per heavy atom. The van der Waals surface area contributed by atoms with Crippen molar-refractivity contribution in [1.82, 2.24) is 15.3 Å². The highest BCUT2D eigenvalue weighted by Gasteiger charge is 2.21. The second kappa shape index (κ2) is 6.43. The topological polar surface area (TPSA) is 72.0 Å². The Kier molecular flexibility index (Phi) is 5.43. The number of aromatic nitrogens is 2. The fourth-order valence-corrected chi connectivity index (χ4v) is 2.43. The molecule has 1 atom stereocenters. The zero-order valence-electron chi connectivity index (χ0n) is 12.3. The Hall–Kier alpha value is -1.01. The van der Waals surface area contributed by atoms with Crippen molar-refractivity contribution in [3.63, 3.8) is 0 Å². The summed E-state index contributed by atoms with van der Waals surface area (Å²) in [7, 11) is -1.23. The van der Waals surface area contributed by atoms with Gasteiger partial charge in [-0.1, -0.05) is 0 Å². The molecular formula is C13H23N3O2S. The first-order valence-electron chi connectivity index (χ1n) is 6.44. The van der Waals surface area contributed by atoms with Gasteiger partial charge in [-0.05, 0) is 52.8 Å². The minimum atomic E-state index is -3.16. The van der Waals surface area contributed by atoms with Crippen molar-refractivity contribution in [3.05, 3.63) is 22.8 Å². The van der Waals surface area contributed by atoms with Crippen LogP contribution in [0.1, 0.15) is 41.4 Å². The third kappa shape index (κ3) is 4.24. The summed E-state index contributed by atoms with van der Waals surface area (Å²) in [6.07, 6.45) is 3.14. The van der Waals surface area contributed by atoms with Crippen LogP contribution in [-0.4, -0.2) is 38.2 Å². The fourth-order valence-electron chi connectivity index (χ4n) is 1.94. The van der Waals surface area contributed by atoms with E-state index in [0.29, 0.717) is 5.82 Å². The predicted molar refractivity (Wildman–Crippen MR) is 77.0 cm³/mol. The lowest BCUT2D eigenvalue weighted by Crippen LogP contribution is -2.15. The molecule has 0 bridgehead atoms. The van der Waals surface area contributed by atoms with Gasteiger partial charge in [0.05, 0.1) is 0 Å². The van der Waals surface area contributed by atoms with Gasteiger partial charge in [-0.3, -0.25) is 0 Å². The van der Waals surface area contributed by atoms with Crippen molar-refractivity contribution in [2.75, 3.05) is 19.8 Å². The zero-order valence-corrected chi connectivity index (χ0v) is 13.1. The molecular weight excluding hydrogens is 262 g/mol. The minimum Gasteiger partial charge on any atom is -0.320 e. The van der Waals surface area contributed by atoms with E-state index in [9.17, 15) is 8.42 Å². The van der Waals surface area contributed by atoms with Crippen LogP contribution in [0.3, 0.4) is 0 Å². The monoisotopic (exact) mass is 285 g/mol. The second-order valence-electron chi connectivity index (χ2n) is 4.91. The molecule has 0 aromatic carbocycles. The zero-order chi connectivity index (χ0) is 14.6. The SMILES string of the molecule is CNCCCc1c(C)nc(C(C)S(C)(=O)=O)nc1C. The van der Waals surface area contributed by atoms with Crippen LogP contribution in [0.2, 0.25) is 0 Å². The van der Waals surface area contributed by atoms with Crippen molar-refractivity contribution in [3.8, 4) is 0 Å². The first kappa shape index (κ1) is 16.0. The van der Waals surface area contributed by atoms with Gasteiger partial charge in [0.15, 0.2) is 9.84 Å². The van der Waals surface area contributed by atoms with Crippen LogP contribution in [0.15, 0.2) is 0 Å². The summed E-state index contributed by atoms with van der Waals surface area (Å²) in [5, 5.41) is 2.45. The molecule has 0 aliphatic carbocycles. The summed E-state index contributed by atoms with van der Waals surface area (Å²) >= 11 is 0. The molecule has 1 aromatic rings. The quantitative estimate of drug-likeness (QED) is 0.799. The van der Waals surface area contributed by atoms with Crippen LogP contribution in [0.25, 0.3) is 0 Å². The summed E-state index contributed by atoms with van der Waals surface area (Å²) in [6.45, 7) is 6.41. The number of sulfone groups is 1. The second-order valence-corrected chi connectivity index (χ2v) is 7.28.